The minimum Gasteiger partial charge on any atom is -0.425 e. The second-order valence-electron chi connectivity index (χ2n) is 7.18. The molecular weight excluding hydrogens is 464 g/mol. The largest absolute Gasteiger partial charge is 0.425 e. The van der Waals surface area contributed by atoms with Gasteiger partial charge in [0, 0.05) is 38.4 Å². The molecule has 0 aliphatic carbocycles. The maximum atomic E-state index is 11.9. The van der Waals surface area contributed by atoms with Gasteiger partial charge in [-0.1, -0.05) is 12.1 Å². The normalized spacial score (nSPS) is 10.7. The van der Waals surface area contributed by atoms with E-state index in [4.69, 9.17) is 14.2 Å². The van der Waals surface area contributed by atoms with E-state index in [1.165, 1.54) is 24.3 Å². The quantitative estimate of drug-likeness (QED) is 0.177. The number of amides is 2. The Morgan fingerprint density at radius 1 is 0.657 bits per heavy atom. The molecule has 4 N–H and O–H groups in total. The van der Waals surface area contributed by atoms with Crippen LogP contribution < -0.4 is 21.8 Å². The van der Waals surface area contributed by atoms with Gasteiger partial charge in [-0.15, -0.1) is 9.46 Å². The molecule has 2 heterocycles. The van der Waals surface area contributed by atoms with Gasteiger partial charge in [0.1, 0.15) is 11.4 Å². The Morgan fingerprint density at radius 3 is 1.43 bits per heavy atom. The molecule has 0 radical (unpaired) electrons. The summed E-state index contributed by atoms with van der Waals surface area (Å²) >= 11 is 0. The molecule has 2 rings (SSSR count). The van der Waals surface area contributed by atoms with Gasteiger partial charge in [-0.05, 0) is 25.0 Å². The molecule has 0 saturated carbocycles. The fraction of sp³-hybridized carbons (Fsp3) is 0.455. The fourth-order valence-corrected chi connectivity index (χ4v) is 2.78. The zero-order chi connectivity index (χ0) is 25.5. The maximum Gasteiger partial charge on any atom is 0.283 e. The highest BCUT2D eigenvalue weighted by molar-refractivity contribution is 5.92. The number of ether oxygens (including phenoxy) is 3. The number of nitrogens with zero attached hydrogens (tertiary/aromatic N) is 2. The van der Waals surface area contributed by atoms with Gasteiger partial charge in [0.25, 0.3) is 22.9 Å². The van der Waals surface area contributed by atoms with Crippen molar-refractivity contribution in [2.75, 3.05) is 52.7 Å². The highest BCUT2D eigenvalue weighted by Gasteiger charge is 2.11. The first-order valence-electron chi connectivity index (χ1n) is 11.0. The number of hydrogen-bond donors (Lipinski definition) is 4. The lowest BCUT2D eigenvalue weighted by Crippen LogP contribution is -2.31. The Bertz CT molecular complexity index is 984. The van der Waals surface area contributed by atoms with Gasteiger partial charge in [0.15, 0.2) is 0 Å². The molecule has 35 heavy (non-hydrogen) atoms. The lowest BCUT2D eigenvalue weighted by atomic mass is 10.3. The molecule has 2 amide bonds. The Kier molecular flexibility index (Phi) is 12.0. The molecule has 0 spiro atoms. The molecule has 0 bridgehead atoms. The topological polar surface area (TPSA) is 170 Å². The molecule has 192 valence electrons. The van der Waals surface area contributed by atoms with Gasteiger partial charge in [-0.3, -0.25) is 19.2 Å². The molecule has 0 atom stereocenters. The van der Waals surface area contributed by atoms with Crippen LogP contribution in [0.1, 0.15) is 33.8 Å². The summed E-state index contributed by atoms with van der Waals surface area (Å²) in [6, 6.07) is 7.76. The van der Waals surface area contributed by atoms with Crippen LogP contribution in [0.5, 0.6) is 0 Å². The number of aromatic nitrogens is 2. The third-order valence-electron chi connectivity index (χ3n) is 4.57. The van der Waals surface area contributed by atoms with Gasteiger partial charge in [0.2, 0.25) is 0 Å². The molecule has 13 heteroatoms. The summed E-state index contributed by atoms with van der Waals surface area (Å²) in [5, 5.41) is 24.2. The van der Waals surface area contributed by atoms with E-state index in [-0.39, 0.29) is 11.4 Å². The van der Waals surface area contributed by atoms with Gasteiger partial charge < -0.3 is 35.3 Å². The van der Waals surface area contributed by atoms with Crippen LogP contribution in [-0.4, -0.2) is 84.4 Å². The van der Waals surface area contributed by atoms with E-state index < -0.39 is 22.9 Å². The van der Waals surface area contributed by atoms with Crippen molar-refractivity contribution in [3.05, 3.63) is 68.5 Å². The van der Waals surface area contributed by atoms with Gasteiger partial charge in [-0.25, -0.2) is 0 Å². The standard InChI is InChI=1S/C22H30N4O9/c27-19-7-1-5-17(25(19)31)21(29)23-9-3-11-33-13-15-35-16-14-34-12-4-10-24-22(30)18-6-2-8-20(28)26(18)32/h1-2,5-8,31-32H,3-4,9-16H2,(H,23,29)(H,24,30). The predicted octanol–water partition coefficient (Wildman–Crippen LogP) is -0.526. The summed E-state index contributed by atoms with van der Waals surface area (Å²) in [5.41, 5.74) is -1.63. The molecule has 2 aromatic rings. The van der Waals surface area contributed by atoms with E-state index in [0.717, 1.165) is 12.1 Å². The van der Waals surface area contributed by atoms with E-state index in [0.29, 0.717) is 75.0 Å². The molecule has 0 saturated heterocycles. The van der Waals surface area contributed by atoms with E-state index in [1.807, 2.05) is 0 Å². The third kappa shape index (κ3) is 9.60. The van der Waals surface area contributed by atoms with Gasteiger partial charge in [0.05, 0.1) is 26.4 Å². The fourth-order valence-electron chi connectivity index (χ4n) is 2.78. The highest BCUT2D eigenvalue weighted by atomic mass is 16.5. The number of carbonyl (C=O) groups is 2. The van der Waals surface area contributed by atoms with Crippen LogP contribution in [0.3, 0.4) is 0 Å². The smallest absolute Gasteiger partial charge is 0.283 e. The van der Waals surface area contributed by atoms with E-state index >= 15 is 0 Å². The lowest BCUT2D eigenvalue weighted by molar-refractivity contribution is 0.0138. The molecule has 2 aromatic heterocycles. The maximum absolute atomic E-state index is 11.9. The SMILES string of the molecule is O=C(NCCCOCCOCCOCCCNC(=O)c1cccc(=O)n1O)c1cccc(=O)n1O. The number of hydrogen-bond acceptors (Lipinski definition) is 9. The van der Waals surface area contributed by atoms with Crippen molar-refractivity contribution < 1.29 is 34.2 Å². The van der Waals surface area contributed by atoms with Gasteiger partial charge >= 0.3 is 0 Å². The zero-order valence-corrected chi connectivity index (χ0v) is 19.2. The average molecular weight is 495 g/mol. The Balaban J connectivity index is 1.38. The minimum absolute atomic E-state index is 0.135. The first kappa shape index (κ1) is 27.6. The first-order valence-corrected chi connectivity index (χ1v) is 11.0. The molecule has 0 fully saturated rings. The Hall–Kier alpha value is -3.68. The molecule has 0 unspecified atom stereocenters. The van der Waals surface area contributed by atoms with Crippen LogP contribution in [0.15, 0.2) is 46.0 Å². The van der Waals surface area contributed by atoms with Crippen LogP contribution >= 0.6 is 0 Å². The summed E-state index contributed by atoms with van der Waals surface area (Å²) in [5.74, 6) is -1.11. The van der Waals surface area contributed by atoms with Gasteiger partial charge in [-0.2, -0.15) is 0 Å². The van der Waals surface area contributed by atoms with Crippen molar-refractivity contribution in [2.24, 2.45) is 0 Å². The van der Waals surface area contributed by atoms with Crippen LogP contribution in [0.2, 0.25) is 0 Å². The summed E-state index contributed by atoms with van der Waals surface area (Å²) in [4.78, 5) is 46.4. The molecular formula is C22H30N4O9. The van der Waals surface area contributed by atoms with E-state index in [1.54, 1.807) is 0 Å². The number of rotatable bonds is 16. The Morgan fingerprint density at radius 2 is 1.03 bits per heavy atom. The lowest BCUT2D eigenvalue weighted by Gasteiger charge is -2.09. The predicted molar refractivity (Wildman–Crippen MR) is 122 cm³/mol. The second kappa shape index (κ2) is 15.3. The average Bonchev–Trinajstić information content (AvgIpc) is 2.84. The van der Waals surface area contributed by atoms with Crippen LogP contribution in [0.25, 0.3) is 0 Å². The van der Waals surface area contributed by atoms with Crippen molar-refractivity contribution in [3.8, 4) is 0 Å². The number of pyridine rings is 2. The van der Waals surface area contributed by atoms with E-state index in [2.05, 4.69) is 10.6 Å². The van der Waals surface area contributed by atoms with Crippen molar-refractivity contribution in [3.63, 3.8) is 0 Å². The Labute approximate surface area is 200 Å². The minimum atomic E-state index is -0.680. The first-order chi connectivity index (χ1) is 16.9. The third-order valence-corrected chi connectivity index (χ3v) is 4.57. The second-order valence-corrected chi connectivity index (χ2v) is 7.18. The van der Waals surface area contributed by atoms with Crippen LogP contribution in [0.4, 0.5) is 0 Å². The van der Waals surface area contributed by atoms with Crippen molar-refractivity contribution in [2.45, 2.75) is 12.8 Å². The van der Waals surface area contributed by atoms with Crippen LogP contribution in [0, 0.1) is 0 Å². The van der Waals surface area contributed by atoms with Crippen molar-refractivity contribution >= 4 is 11.8 Å². The molecule has 0 aromatic carbocycles. The zero-order valence-electron chi connectivity index (χ0n) is 19.2. The molecule has 13 nitrogen and oxygen atoms in total. The monoisotopic (exact) mass is 494 g/mol. The van der Waals surface area contributed by atoms with E-state index in [9.17, 15) is 29.6 Å². The summed E-state index contributed by atoms with van der Waals surface area (Å²) in [6.07, 6.45) is 1.10. The van der Waals surface area contributed by atoms with Crippen molar-refractivity contribution in [1.82, 2.24) is 20.1 Å². The molecule has 0 aliphatic rings. The summed E-state index contributed by atoms with van der Waals surface area (Å²) in [7, 11) is 0. The molecule has 0 aliphatic heterocycles. The van der Waals surface area contributed by atoms with Crippen LogP contribution in [-0.2, 0) is 14.2 Å². The summed E-state index contributed by atoms with van der Waals surface area (Å²) < 4.78 is 16.8. The summed E-state index contributed by atoms with van der Waals surface area (Å²) in [6.45, 7) is 2.97. The highest BCUT2D eigenvalue weighted by Crippen LogP contribution is 1.95. The van der Waals surface area contributed by atoms with Crippen molar-refractivity contribution in [1.29, 1.82) is 0 Å². The number of carbonyl (C=O) groups excluding carboxylic acids is 2. The number of nitrogens with one attached hydrogen (secondary N) is 2.